The fourth-order valence-electron chi connectivity index (χ4n) is 3.16. The zero-order chi connectivity index (χ0) is 20.4. The average molecular weight is 385 g/mol. The van der Waals surface area contributed by atoms with Crippen LogP contribution in [0.1, 0.15) is 62.4 Å². The fourth-order valence-corrected chi connectivity index (χ4v) is 3.16. The Kier molecular flexibility index (Phi) is 9.02. The van der Waals surface area contributed by atoms with E-state index < -0.39 is 6.29 Å². The Balaban J connectivity index is 1.72. The Morgan fingerprint density at radius 3 is 2.21 bits per heavy atom. The van der Waals surface area contributed by atoms with Crippen molar-refractivity contribution in [2.45, 2.75) is 52.7 Å². The first-order valence-corrected chi connectivity index (χ1v) is 10.1. The summed E-state index contributed by atoms with van der Waals surface area (Å²) in [6, 6.07) is 17.2. The van der Waals surface area contributed by atoms with Crippen molar-refractivity contribution in [3.05, 3.63) is 65.7 Å². The van der Waals surface area contributed by atoms with Gasteiger partial charge in [0, 0.05) is 0 Å². The molecule has 0 aliphatic carbocycles. The van der Waals surface area contributed by atoms with Crippen LogP contribution in [0.15, 0.2) is 54.6 Å². The van der Waals surface area contributed by atoms with Crippen molar-refractivity contribution < 1.29 is 19.0 Å². The second-order valence-electron chi connectivity index (χ2n) is 7.36. The van der Waals surface area contributed by atoms with Crippen LogP contribution >= 0.6 is 0 Å². The smallest absolute Gasteiger partial charge is 0.338 e. The van der Waals surface area contributed by atoms with Gasteiger partial charge in [0.15, 0.2) is 6.29 Å². The van der Waals surface area contributed by atoms with Crippen molar-refractivity contribution in [2.24, 2.45) is 5.92 Å². The highest BCUT2D eigenvalue weighted by molar-refractivity contribution is 5.89. The average Bonchev–Trinajstić information content (AvgIpc) is 2.70. The molecule has 2 rings (SSSR count). The number of hydrogen-bond acceptors (Lipinski definition) is 4. The molecular weight excluding hydrogens is 352 g/mol. The van der Waals surface area contributed by atoms with Gasteiger partial charge in [0.1, 0.15) is 12.4 Å². The highest BCUT2D eigenvalue weighted by atomic mass is 16.7. The molecule has 0 aliphatic rings. The lowest BCUT2D eigenvalue weighted by Crippen LogP contribution is -2.20. The number of esters is 1. The van der Waals surface area contributed by atoms with E-state index in [4.69, 9.17) is 14.2 Å². The third-order valence-corrected chi connectivity index (χ3v) is 4.58. The van der Waals surface area contributed by atoms with Gasteiger partial charge in [-0.1, -0.05) is 51.1 Å². The van der Waals surface area contributed by atoms with Gasteiger partial charge in [-0.05, 0) is 61.4 Å². The van der Waals surface area contributed by atoms with Crippen molar-refractivity contribution in [1.29, 1.82) is 0 Å². The van der Waals surface area contributed by atoms with Gasteiger partial charge >= 0.3 is 5.97 Å². The van der Waals surface area contributed by atoms with E-state index in [1.165, 1.54) is 12.0 Å². The van der Waals surface area contributed by atoms with Crippen molar-refractivity contribution in [3.8, 4) is 5.75 Å². The van der Waals surface area contributed by atoms with E-state index in [0.29, 0.717) is 17.4 Å². The fraction of sp³-hybridized carbons (Fsp3) is 0.458. The van der Waals surface area contributed by atoms with Crippen molar-refractivity contribution in [2.75, 3.05) is 13.2 Å². The Morgan fingerprint density at radius 1 is 0.929 bits per heavy atom. The van der Waals surface area contributed by atoms with Gasteiger partial charge in [0.2, 0.25) is 0 Å². The normalized spacial score (nSPS) is 13.2. The monoisotopic (exact) mass is 384 g/mol. The number of benzene rings is 2. The molecule has 152 valence electrons. The van der Waals surface area contributed by atoms with Gasteiger partial charge in [-0.25, -0.2) is 4.79 Å². The maximum Gasteiger partial charge on any atom is 0.338 e. The number of carbonyl (C=O) groups excluding carboxylic acids is 1. The van der Waals surface area contributed by atoms with Crippen LogP contribution < -0.4 is 4.74 Å². The van der Waals surface area contributed by atoms with Gasteiger partial charge in [0.05, 0.1) is 12.2 Å². The predicted octanol–water partition coefficient (Wildman–Crippen LogP) is 5.82. The van der Waals surface area contributed by atoms with Crippen LogP contribution in [0.25, 0.3) is 0 Å². The van der Waals surface area contributed by atoms with E-state index in [9.17, 15) is 4.79 Å². The molecule has 2 unspecified atom stereocenters. The molecule has 0 saturated heterocycles. The maximum absolute atomic E-state index is 11.8. The molecule has 4 heteroatoms. The first kappa shape index (κ1) is 22.0. The molecule has 0 bridgehead atoms. The number of rotatable bonds is 11. The standard InChI is InChI=1S/C24H32O4/c1-5-20(17-18(2)3)21-11-13-23(14-12-21)28-19(4)26-15-16-27-24(25)22-9-7-6-8-10-22/h6-14,18-20H,5,15-17H2,1-4H3. The minimum absolute atomic E-state index is 0.188. The summed E-state index contributed by atoms with van der Waals surface area (Å²) in [7, 11) is 0. The number of carbonyl (C=O) groups is 1. The molecule has 0 amide bonds. The predicted molar refractivity (Wildman–Crippen MR) is 112 cm³/mol. The van der Waals surface area contributed by atoms with Crippen LogP contribution in [0.4, 0.5) is 0 Å². The lowest BCUT2D eigenvalue weighted by Gasteiger charge is -2.19. The third kappa shape index (κ3) is 7.35. The van der Waals surface area contributed by atoms with Crippen LogP contribution in [0, 0.1) is 5.92 Å². The number of hydrogen-bond donors (Lipinski definition) is 0. The summed E-state index contributed by atoms with van der Waals surface area (Å²) >= 11 is 0. The van der Waals surface area contributed by atoms with E-state index in [-0.39, 0.29) is 19.2 Å². The second-order valence-corrected chi connectivity index (χ2v) is 7.36. The summed E-state index contributed by atoms with van der Waals surface area (Å²) in [5.74, 6) is 1.70. The van der Waals surface area contributed by atoms with Gasteiger partial charge in [-0.2, -0.15) is 0 Å². The van der Waals surface area contributed by atoms with Crippen molar-refractivity contribution >= 4 is 5.97 Å². The Hall–Kier alpha value is -2.33. The summed E-state index contributed by atoms with van der Waals surface area (Å²) in [6.07, 6.45) is 1.91. The Labute approximate surface area is 168 Å². The maximum atomic E-state index is 11.8. The topological polar surface area (TPSA) is 44.8 Å². The highest BCUT2D eigenvalue weighted by Crippen LogP contribution is 2.28. The van der Waals surface area contributed by atoms with Gasteiger partial charge < -0.3 is 14.2 Å². The van der Waals surface area contributed by atoms with Crippen molar-refractivity contribution in [1.82, 2.24) is 0 Å². The van der Waals surface area contributed by atoms with E-state index in [2.05, 4.69) is 32.9 Å². The van der Waals surface area contributed by atoms with Crippen LogP contribution in [0.3, 0.4) is 0 Å². The zero-order valence-corrected chi connectivity index (χ0v) is 17.4. The van der Waals surface area contributed by atoms with Crippen molar-refractivity contribution in [3.63, 3.8) is 0 Å². The summed E-state index contributed by atoms with van der Waals surface area (Å²) in [5, 5.41) is 0. The molecule has 28 heavy (non-hydrogen) atoms. The van der Waals surface area contributed by atoms with Crippen LogP contribution in [-0.4, -0.2) is 25.5 Å². The Bertz CT molecular complexity index is 694. The minimum atomic E-state index is -0.418. The van der Waals surface area contributed by atoms with Crippen LogP contribution in [-0.2, 0) is 9.47 Å². The summed E-state index contributed by atoms with van der Waals surface area (Å²) < 4.78 is 16.6. The van der Waals surface area contributed by atoms with E-state index >= 15 is 0 Å². The summed E-state index contributed by atoms with van der Waals surface area (Å²) in [6.45, 7) is 9.06. The zero-order valence-electron chi connectivity index (χ0n) is 17.4. The van der Waals surface area contributed by atoms with Gasteiger partial charge in [-0.15, -0.1) is 0 Å². The molecule has 4 nitrogen and oxygen atoms in total. The molecular formula is C24H32O4. The molecule has 2 aromatic rings. The first-order valence-electron chi connectivity index (χ1n) is 10.1. The second kappa shape index (κ2) is 11.5. The van der Waals surface area contributed by atoms with Crippen LogP contribution in [0.2, 0.25) is 0 Å². The molecule has 2 atom stereocenters. The molecule has 0 heterocycles. The molecule has 0 N–H and O–H groups in total. The molecule has 0 radical (unpaired) electrons. The quantitative estimate of drug-likeness (QED) is 0.278. The molecule has 0 aromatic heterocycles. The summed E-state index contributed by atoms with van der Waals surface area (Å²) in [5.41, 5.74) is 1.89. The largest absolute Gasteiger partial charge is 0.465 e. The molecule has 0 spiro atoms. The first-order chi connectivity index (χ1) is 13.5. The molecule has 0 saturated carbocycles. The Morgan fingerprint density at radius 2 is 1.61 bits per heavy atom. The van der Waals surface area contributed by atoms with Gasteiger partial charge in [0.25, 0.3) is 0 Å². The van der Waals surface area contributed by atoms with E-state index in [1.807, 2.05) is 25.1 Å². The lowest BCUT2D eigenvalue weighted by atomic mass is 9.88. The number of ether oxygens (including phenoxy) is 3. The molecule has 0 aliphatic heterocycles. The van der Waals surface area contributed by atoms with E-state index in [1.54, 1.807) is 24.3 Å². The van der Waals surface area contributed by atoms with Gasteiger partial charge in [-0.3, -0.25) is 0 Å². The van der Waals surface area contributed by atoms with E-state index in [0.717, 1.165) is 12.2 Å². The SMILES string of the molecule is CCC(CC(C)C)c1ccc(OC(C)OCCOC(=O)c2ccccc2)cc1. The van der Waals surface area contributed by atoms with Crippen LogP contribution in [0.5, 0.6) is 5.75 Å². The molecule has 2 aromatic carbocycles. The minimum Gasteiger partial charge on any atom is -0.465 e. The lowest BCUT2D eigenvalue weighted by molar-refractivity contribution is -0.0783. The highest BCUT2D eigenvalue weighted by Gasteiger charge is 2.12. The molecule has 0 fully saturated rings. The summed E-state index contributed by atoms with van der Waals surface area (Å²) in [4.78, 5) is 11.8. The third-order valence-electron chi connectivity index (χ3n) is 4.58.